The molecule has 1 fully saturated rings. The molecule has 0 radical (unpaired) electrons. The van der Waals surface area contributed by atoms with Crippen molar-refractivity contribution in [2.24, 2.45) is 0 Å². The molecule has 1 aromatic heterocycles. The number of nitrogens with zero attached hydrogens (tertiary/aromatic N) is 2. The van der Waals surface area contributed by atoms with Crippen LogP contribution < -0.4 is 10.1 Å². The molecule has 1 aliphatic rings. The molecule has 5 heteroatoms. The van der Waals surface area contributed by atoms with Gasteiger partial charge in [-0.05, 0) is 18.6 Å². The normalized spacial score (nSPS) is 16.8. The fourth-order valence-electron chi connectivity index (χ4n) is 2.38. The number of hydrogen-bond acceptors (Lipinski definition) is 5. The predicted octanol–water partition coefficient (Wildman–Crippen LogP) is 1.97. The van der Waals surface area contributed by atoms with Crippen LogP contribution in [0.1, 0.15) is 6.42 Å². The van der Waals surface area contributed by atoms with E-state index in [-0.39, 0.29) is 0 Å². The van der Waals surface area contributed by atoms with Crippen molar-refractivity contribution < 1.29 is 4.74 Å². The highest BCUT2D eigenvalue weighted by Gasteiger charge is 2.09. The monoisotopic (exact) mass is 277 g/mol. The standard InChI is InChI=1S/C14H19N3OS/c1-3-12(14-13(4-1)19-11-16-14)18-10-2-7-17-8-5-15-6-9-17/h1,3-4,11,15H,2,5-10H2. The van der Waals surface area contributed by atoms with Gasteiger partial charge in [-0.1, -0.05) is 6.07 Å². The molecule has 1 aromatic carbocycles. The van der Waals surface area contributed by atoms with E-state index in [1.807, 2.05) is 17.6 Å². The summed E-state index contributed by atoms with van der Waals surface area (Å²) in [5, 5.41) is 3.37. The van der Waals surface area contributed by atoms with E-state index in [0.717, 1.165) is 57.0 Å². The van der Waals surface area contributed by atoms with Crippen LogP contribution in [-0.4, -0.2) is 49.2 Å². The molecule has 1 aliphatic heterocycles. The molecule has 1 saturated heterocycles. The van der Waals surface area contributed by atoms with Gasteiger partial charge in [0.2, 0.25) is 0 Å². The van der Waals surface area contributed by atoms with Gasteiger partial charge in [0, 0.05) is 32.7 Å². The van der Waals surface area contributed by atoms with Gasteiger partial charge in [-0.15, -0.1) is 11.3 Å². The van der Waals surface area contributed by atoms with Crippen molar-refractivity contribution >= 4 is 21.6 Å². The van der Waals surface area contributed by atoms with Gasteiger partial charge < -0.3 is 15.0 Å². The van der Waals surface area contributed by atoms with Crippen molar-refractivity contribution in [2.45, 2.75) is 6.42 Å². The van der Waals surface area contributed by atoms with Gasteiger partial charge >= 0.3 is 0 Å². The largest absolute Gasteiger partial charge is 0.491 e. The highest BCUT2D eigenvalue weighted by atomic mass is 32.1. The van der Waals surface area contributed by atoms with E-state index in [1.165, 1.54) is 4.70 Å². The molecule has 1 N–H and O–H groups in total. The molecule has 0 spiro atoms. The second-order valence-corrected chi connectivity index (χ2v) is 5.64. The predicted molar refractivity (Wildman–Crippen MR) is 79.0 cm³/mol. The van der Waals surface area contributed by atoms with E-state index < -0.39 is 0 Å². The Bertz CT molecular complexity index is 522. The van der Waals surface area contributed by atoms with Crippen molar-refractivity contribution in [3.63, 3.8) is 0 Å². The molecule has 0 bridgehead atoms. The van der Waals surface area contributed by atoms with Gasteiger partial charge in [0.1, 0.15) is 11.3 Å². The van der Waals surface area contributed by atoms with E-state index >= 15 is 0 Å². The van der Waals surface area contributed by atoms with Gasteiger partial charge in [0.25, 0.3) is 0 Å². The number of aromatic nitrogens is 1. The number of hydrogen-bond donors (Lipinski definition) is 1. The Kier molecular flexibility index (Phi) is 4.27. The summed E-state index contributed by atoms with van der Waals surface area (Å²) >= 11 is 1.66. The number of benzene rings is 1. The molecule has 2 aromatic rings. The quantitative estimate of drug-likeness (QED) is 0.848. The van der Waals surface area contributed by atoms with E-state index in [9.17, 15) is 0 Å². The number of nitrogens with one attached hydrogen (secondary N) is 1. The number of rotatable bonds is 5. The lowest BCUT2D eigenvalue weighted by Crippen LogP contribution is -2.43. The van der Waals surface area contributed by atoms with Crippen molar-refractivity contribution in [3.05, 3.63) is 23.7 Å². The van der Waals surface area contributed by atoms with Crippen LogP contribution in [0.5, 0.6) is 5.75 Å². The lowest BCUT2D eigenvalue weighted by molar-refractivity contribution is 0.214. The topological polar surface area (TPSA) is 37.4 Å². The van der Waals surface area contributed by atoms with Gasteiger partial charge in [0.05, 0.1) is 16.8 Å². The van der Waals surface area contributed by atoms with Crippen molar-refractivity contribution in [2.75, 3.05) is 39.3 Å². The van der Waals surface area contributed by atoms with Gasteiger partial charge in [-0.3, -0.25) is 0 Å². The first kappa shape index (κ1) is 12.8. The molecule has 3 rings (SSSR count). The Labute approximate surface area is 117 Å². The van der Waals surface area contributed by atoms with Crippen LogP contribution in [0, 0.1) is 0 Å². The lowest BCUT2D eigenvalue weighted by atomic mass is 10.3. The zero-order chi connectivity index (χ0) is 12.9. The summed E-state index contributed by atoms with van der Waals surface area (Å²) in [6, 6.07) is 6.12. The summed E-state index contributed by atoms with van der Waals surface area (Å²) in [6.07, 6.45) is 1.07. The van der Waals surface area contributed by atoms with Gasteiger partial charge in [0.15, 0.2) is 0 Å². The molecule has 19 heavy (non-hydrogen) atoms. The molecular formula is C14H19N3OS. The number of piperazine rings is 1. The fourth-order valence-corrected chi connectivity index (χ4v) is 3.08. The molecule has 102 valence electrons. The van der Waals surface area contributed by atoms with E-state index in [1.54, 1.807) is 11.3 Å². The van der Waals surface area contributed by atoms with E-state index in [0.29, 0.717) is 0 Å². The smallest absolute Gasteiger partial charge is 0.146 e. The maximum atomic E-state index is 5.87. The molecule has 0 aliphatic carbocycles. The third kappa shape index (κ3) is 3.23. The number of thiazole rings is 1. The van der Waals surface area contributed by atoms with Crippen molar-refractivity contribution in [3.8, 4) is 5.75 Å². The van der Waals surface area contributed by atoms with E-state index in [2.05, 4.69) is 21.3 Å². The minimum absolute atomic E-state index is 0.764. The lowest BCUT2D eigenvalue weighted by Gasteiger charge is -2.26. The summed E-state index contributed by atoms with van der Waals surface area (Å²) in [4.78, 5) is 6.85. The number of para-hydroxylation sites is 1. The molecule has 0 unspecified atom stereocenters. The second-order valence-electron chi connectivity index (χ2n) is 4.75. The SMILES string of the molecule is c1cc(OCCCN2CCNCC2)c2ncsc2c1. The summed E-state index contributed by atoms with van der Waals surface area (Å²) in [5.74, 6) is 0.916. The van der Waals surface area contributed by atoms with Gasteiger partial charge in [-0.25, -0.2) is 4.98 Å². The van der Waals surface area contributed by atoms with Crippen molar-refractivity contribution in [1.29, 1.82) is 0 Å². The molecule has 2 heterocycles. The van der Waals surface area contributed by atoms with Crippen LogP contribution >= 0.6 is 11.3 Å². The van der Waals surface area contributed by atoms with Crippen LogP contribution in [0.25, 0.3) is 10.2 Å². The van der Waals surface area contributed by atoms with Gasteiger partial charge in [-0.2, -0.15) is 0 Å². The highest BCUT2D eigenvalue weighted by Crippen LogP contribution is 2.26. The minimum Gasteiger partial charge on any atom is -0.491 e. The van der Waals surface area contributed by atoms with Crippen LogP contribution in [-0.2, 0) is 0 Å². The molecular weight excluding hydrogens is 258 g/mol. The molecule has 0 amide bonds. The van der Waals surface area contributed by atoms with Crippen LogP contribution in [0.2, 0.25) is 0 Å². The maximum absolute atomic E-state index is 5.87. The molecule has 0 atom stereocenters. The first-order valence-corrected chi connectivity index (χ1v) is 7.69. The number of fused-ring (bicyclic) bond motifs is 1. The Morgan fingerprint density at radius 2 is 2.21 bits per heavy atom. The summed E-state index contributed by atoms with van der Waals surface area (Å²) in [6.45, 7) is 6.41. The van der Waals surface area contributed by atoms with Crippen LogP contribution in [0.3, 0.4) is 0 Å². The Morgan fingerprint density at radius 1 is 1.32 bits per heavy atom. The number of ether oxygens (including phenoxy) is 1. The zero-order valence-electron chi connectivity index (χ0n) is 11.0. The second kappa shape index (κ2) is 6.32. The fraction of sp³-hybridized carbons (Fsp3) is 0.500. The average Bonchev–Trinajstić information content (AvgIpc) is 2.94. The summed E-state index contributed by atoms with van der Waals surface area (Å²) < 4.78 is 7.06. The third-order valence-corrected chi connectivity index (χ3v) is 4.20. The minimum atomic E-state index is 0.764. The first-order valence-electron chi connectivity index (χ1n) is 6.81. The van der Waals surface area contributed by atoms with Crippen LogP contribution in [0.15, 0.2) is 23.7 Å². The Balaban J connectivity index is 1.48. The third-order valence-electron chi connectivity index (χ3n) is 3.41. The van der Waals surface area contributed by atoms with Crippen molar-refractivity contribution in [1.82, 2.24) is 15.2 Å². The zero-order valence-corrected chi connectivity index (χ0v) is 11.8. The highest BCUT2D eigenvalue weighted by molar-refractivity contribution is 7.16. The molecule has 0 saturated carbocycles. The average molecular weight is 277 g/mol. The molecule has 4 nitrogen and oxygen atoms in total. The summed E-state index contributed by atoms with van der Waals surface area (Å²) in [5.41, 5.74) is 2.87. The Hall–Kier alpha value is -1.17. The summed E-state index contributed by atoms with van der Waals surface area (Å²) in [7, 11) is 0. The first-order chi connectivity index (χ1) is 9.43. The maximum Gasteiger partial charge on any atom is 0.146 e. The Morgan fingerprint density at radius 3 is 3.11 bits per heavy atom. The van der Waals surface area contributed by atoms with E-state index in [4.69, 9.17) is 4.74 Å². The van der Waals surface area contributed by atoms with Crippen LogP contribution in [0.4, 0.5) is 0 Å².